The predicted octanol–water partition coefficient (Wildman–Crippen LogP) is 2.02. The maximum Gasteiger partial charge on any atom is 0.183 e. The van der Waals surface area contributed by atoms with E-state index < -0.39 is 11.9 Å². The van der Waals surface area contributed by atoms with Gasteiger partial charge in [-0.2, -0.15) is 0 Å². The summed E-state index contributed by atoms with van der Waals surface area (Å²) in [7, 11) is 1.30. The van der Waals surface area contributed by atoms with Gasteiger partial charge in [-0.25, -0.2) is 4.39 Å². The first-order valence-corrected chi connectivity index (χ1v) is 4.68. The topological polar surface area (TPSA) is 52.3 Å². The molecule has 0 amide bonds. The van der Waals surface area contributed by atoms with E-state index in [1.54, 1.807) is 6.92 Å². The Morgan fingerprint density at radius 1 is 1.60 bits per heavy atom. The predicted molar refractivity (Wildman–Crippen MR) is 55.9 cm³/mol. The second kappa shape index (κ2) is 4.59. The standard InChI is InChI=1S/C10H11ClFNO2/c1-5(13)10(14)6-3-7(11)9(12)8(4-6)15-2/h3-5H,13H2,1-2H3. The highest BCUT2D eigenvalue weighted by molar-refractivity contribution is 6.31. The molecule has 0 aliphatic carbocycles. The van der Waals surface area contributed by atoms with Crippen molar-refractivity contribution in [1.29, 1.82) is 0 Å². The summed E-state index contributed by atoms with van der Waals surface area (Å²) < 4.78 is 18.0. The molecule has 0 bridgehead atoms. The molecule has 0 fully saturated rings. The summed E-state index contributed by atoms with van der Waals surface area (Å²) in [6, 6.07) is 1.87. The first-order valence-electron chi connectivity index (χ1n) is 4.30. The number of carbonyl (C=O) groups excluding carboxylic acids is 1. The molecule has 1 atom stereocenters. The number of methoxy groups -OCH3 is 1. The fourth-order valence-electron chi connectivity index (χ4n) is 1.12. The first kappa shape index (κ1) is 11.9. The number of rotatable bonds is 3. The maximum absolute atomic E-state index is 13.2. The first-order chi connectivity index (χ1) is 6.97. The van der Waals surface area contributed by atoms with Gasteiger partial charge in [0.05, 0.1) is 18.2 Å². The lowest BCUT2D eigenvalue weighted by molar-refractivity contribution is 0.0967. The molecule has 3 nitrogen and oxygen atoms in total. The van der Waals surface area contributed by atoms with Gasteiger partial charge in [0.1, 0.15) is 0 Å². The van der Waals surface area contributed by atoms with E-state index in [0.717, 1.165) is 0 Å². The summed E-state index contributed by atoms with van der Waals surface area (Å²) in [6.45, 7) is 1.55. The smallest absolute Gasteiger partial charge is 0.183 e. The zero-order chi connectivity index (χ0) is 11.6. The molecule has 0 aliphatic rings. The van der Waals surface area contributed by atoms with Gasteiger partial charge >= 0.3 is 0 Å². The molecule has 2 N–H and O–H groups in total. The third kappa shape index (κ3) is 2.46. The molecule has 5 heteroatoms. The van der Waals surface area contributed by atoms with Crippen LogP contribution in [0.15, 0.2) is 12.1 Å². The monoisotopic (exact) mass is 231 g/mol. The molecule has 0 radical (unpaired) electrons. The molecule has 1 aromatic rings. The Bertz CT molecular complexity index is 393. The van der Waals surface area contributed by atoms with Gasteiger partial charge in [0.15, 0.2) is 17.3 Å². The second-order valence-corrected chi connectivity index (χ2v) is 3.53. The molecule has 0 spiro atoms. The van der Waals surface area contributed by atoms with Gasteiger partial charge in [-0.05, 0) is 19.1 Å². The van der Waals surface area contributed by atoms with Gasteiger partial charge in [-0.15, -0.1) is 0 Å². The lowest BCUT2D eigenvalue weighted by Crippen LogP contribution is -2.26. The number of Topliss-reactive ketones (excluding diaryl/α,β-unsaturated/α-hetero) is 1. The van der Waals surface area contributed by atoms with Gasteiger partial charge in [0.25, 0.3) is 0 Å². The van der Waals surface area contributed by atoms with Crippen LogP contribution < -0.4 is 10.5 Å². The Balaban J connectivity index is 3.22. The molecule has 1 rings (SSSR count). The van der Waals surface area contributed by atoms with Crippen LogP contribution in [0.2, 0.25) is 5.02 Å². The second-order valence-electron chi connectivity index (χ2n) is 3.13. The van der Waals surface area contributed by atoms with E-state index in [1.807, 2.05) is 0 Å². The maximum atomic E-state index is 13.2. The number of nitrogens with two attached hydrogens (primary N) is 1. The van der Waals surface area contributed by atoms with E-state index >= 15 is 0 Å². The molecule has 0 aromatic heterocycles. The lowest BCUT2D eigenvalue weighted by Gasteiger charge is -2.08. The van der Waals surface area contributed by atoms with Crippen molar-refractivity contribution in [1.82, 2.24) is 0 Å². The summed E-state index contributed by atoms with van der Waals surface area (Å²) in [4.78, 5) is 11.5. The van der Waals surface area contributed by atoms with E-state index in [1.165, 1.54) is 19.2 Å². The zero-order valence-corrected chi connectivity index (χ0v) is 9.14. The number of hydrogen-bond donors (Lipinski definition) is 1. The van der Waals surface area contributed by atoms with Gasteiger partial charge in [-0.1, -0.05) is 11.6 Å². The fraction of sp³-hybridized carbons (Fsp3) is 0.300. The van der Waals surface area contributed by atoms with Gasteiger partial charge < -0.3 is 10.5 Å². The number of ketones is 1. The van der Waals surface area contributed by atoms with Crippen molar-refractivity contribution in [2.45, 2.75) is 13.0 Å². The van der Waals surface area contributed by atoms with E-state index in [-0.39, 0.29) is 22.1 Å². The number of benzene rings is 1. The molecular weight excluding hydrogens is 221 g/mol. The number of carbonyl (C=O) groups is 1. The summed E-state index contributed by atoms with van der Waals surface area (Å²) in [5.41, 5.74) is 5.66. The number of halogens is 2. The van der Waals surface area contributed by atoms with Crippen molar-refractivity contribution in [3.05, 3.63) is 28.5 Å². The van der Waals surface area contributed by atoms with Crippen LogP contribution in [0.5, 0.6) is 5.75 Å². The van der Waals surface area contributed by atoms with E-state index in [9.17, 15) is 9.18 Å². The molecule has 0 saturated heterocycles. The van der Waals surface area contributed by atoms with E-state index in [4.69, 9.17) is 22.1 Å². The molecule has 1 aromatic carbocycles. The normalized spacial score (nSPS) is 12.3. The number of hydrogen-bond acceptors (Lipinski definition) is 3. The van der Waals surface area contributed by atoms with Crippen LogP contribution in [0, 0.1) is 5.82 Å². The third-order valence-electron chi connectivity index (χ3n) is 1.91. The van der Waals surface area contributed by atoms with Crippen molar-refractivity contribution in [3.8, 4) is 5.75 Å². The van der Waals surface area contributed by atoms with Gasteiger partial charge in [0, 0.05) is 5.56 Å². The average molecular weight is 232 g/mol. The van der Waals surface area contributed by atoms with Crippen molar-refractivity contribution in [2.75, 3.05) is 7.11 Å². The fourth-order valence-corrected chi connectivity index (χ4v) is 1.33. The molecule has 82 valence electrons. The Hall–Kier alpha value is -1.13. The van der Waals surface area contributed by atoms with Crippen LogP contribution >= 0.6 is 11.6 Å². The van der Waals surface area contributed by atoms with E-state index in [0.29, 0.717) is 0 Å². The summed E-state index contributed by atoms with van der Waals surface area (Å²) in [6.07, 6.45) is 0. The average Bonchev–Trinajstić information content (AvgIpc) is 2.20. The molecule has 0 saturated carbocycles. The SMILES string of the molecule is COc1cc(C(=O)C(C)N)cc(Cl)c1F. The Kier molecular flexibility index (Phi) is 3.66. The molecular formula is C10H11ClFNO2. The highest BCUT2D eigenvalue weighted by Gasteiger charge is 2.16. The van der Waals surface area contributed by atoms with Crippen molar-refractivity contribution < 1.29 is 13.9 Å². The highest BCUT2D eigenvalue weighted by atomic mass is 35.5. The molecule has 1 unspecified atom stereocenters. The minimum atomic E-state index is -0.680. The zero-order valence-electron chi connectivity index (χ0n) is 8.38. The third-order valence-corrected chi connectivity index (χ3v) is 2.19. The van der Waals surface area contributed by atoms with Crippen LogP contribution in [0.1, 0.15) is 17.3 Å². The summed E-state index contributed by atoms with van der Waals surface area (Å²) in [5, 5.41) is -0.154. The van der Waals surface area contributed by atoms with Crippen molar-refractivity contribution in [2.24, 2.45) is 5.73 Å². The van der Waals surface area contributed by atoms with Crippen LogP contribution in [0.4, 0.5) is 4.39 Å². The van der Waals surface area contributed by atoms with Crippen molar-refractivity contribution >= 4 is 17.4 Å². The van der Waals surface area contributed by atoms with Crippen LogP contribution in [-0.2, 0) is 0 Å². The molecule has 0 heterocycles. The molecule has 0 aliphatic heterocycles. The van der Waals surface area contributed by atoms with Crippen molar-refractivity contribution in [3.63, 3.8) is 0 Å². The molecule has 15 heavy (non-hydrogen) atoms. The van der Waals surface area contributed by atoms with E-state index in [2.05, 4.69) is 0 Å². The largest absolute Gasteiger partial charge is 0.494 e. The quantitative estimate of drug-likeness (QED) is 0.810. The Morgan fingerprint density at radius 3 is 2.67 bits per heavy atom. The Labute approximate surface area is 92.0 Å². The minimum absolute atomic E-state index is 0.0634. The minimum Gasteiger partial charge on any atom is -0.494 e. The lowest BCUT2D eigenvalue weighted by atomic mass is 10.1. The highest BCUT2D eigenvalue weighted by Crippen LogP contribution is 2.26. The Morgan fingerprint density at radius 2 is 2.20 bits per heavy atom. The summed E-state index contributed by atoms with van der Waals surface area (Å²) >= 11 is 5.60. The van der Waals surface area contributed by atoms with Crippen LogP contribution in [0.3, 0.4) is 0 Å². The van der Waals surface area contributed by atoms with Crippen LogP contribution in [0.25, 0.3) is 0 Å². The van der Waals surface area contributed by atoms with Gasteiger partial charge in [-0.3, -0.25) is 4.79 Å². The summed E-state index contributed by atoms with van der Waals surface area (Å²) in [5.74, 6) is -1.05. The van der Waals surface area contributed by atoms with Crippen LogP contribution in [-0.4, -0.2) is 18.9 Å². The number of ether oxygens (including phenoxy) is 1. The van der Waals surface area contributed by atoms with Gasteiger partial charge in [0.2, 0.25) is 0 Å².